The number of hydrogen-bond donors (Lipinski definition) is 2. The molecule has 1 aliphatic heterocycles. The van der Waals surface area contributed by atoms with Crippen LogP contribution in [0.3, 0.4) is 0 Å². The van der Waals surface area contributed by atoms with Gasteiger partial charge in [-0.3, -0.25) is 14.4 Å². The van der Waals surface area contributed by atoms with Gasteiger partial charge >= 0.3 is 0 Å². The summed E-state index contributed by atoms with van der Waals surface area (Å²) in [5, 5.41) is 2.50. The standard InChI is InChI=1S/C12H15N3O3/c16-10-5-3-4-9(14-10)12(18)13-8-11(17)15-6-1-2-7-15/h3-5H,1-2,6-8H2,(H,13,18)(H,14,16). The number of carbonyl (C=O) groups is 2. The molecule has 2 amide bonds. The van der Waals surface area contributed by atoms with E-state index in [4.69, 9.17) is 0 Å². The fourth-order valence-corrected chi connectivity index (χ4v) is 1.91. The number of nitrogens with one attached hydrogen (secondary N) is 2. The second kappa shape index (κ2) is 5.48. The van der Waals surface area contributed by atoms with Crippen LogP contribution in [0.1, 0.15) is 23.3 Å². The number of carbonyl (C=O) groups excluding carboxylic acids is 2. The van der Waals surface area contributed by atoms with Crippen LogP contribution < -0.4 is 10.9 Å². The first-order valence-electron chi connectivity index (χ1n) is 5.92. The molecule has 1 aromatic rings. The van der Waals surface area contributed by atoms with Gasteiger partial charge in [-0.1, -0.05) is 6.07 Å². The highest BCUT2D eigenvalue weighted by Crippen LogP contribution is 2.06. The molecule has 6 nitrogen and oxygen atoms in total. The maximum absolute atomic E-state index is 11.7. The Hall–Kier alpha value is -2.11. The molecule has 1 fully saturated rings. The molecule has 18 heavy (non-hydrogen) atoms. The van der Waals surface area contributed by atoms with Crippen LogP contribution in [0.15, 0.2) is 23.0 Å². The average Bonchev–Trinajstić information content (AvgIpc) is 2.89. The van der Waals surface area contributed by atoms with E-state index in [0.717, 1.165) is 25.9 Å². The lowest BCUT2D eigenvalue weighted by Crippen LogP contribution is -2.39. The van der Waals surface area contributed by atoms with Gasteiger partial charge in [0.25, 0.3) is 5.91 Å². The molecular weight excluding hydrogens is 234 g/mol. The highest BCUT2D eigenvalue weighted by Gasteiger charge is 2.18. The predicted octanol–water partition coefficient (Wildman–Crippen LogP) is -0.273. The van der Waals surface area contributed by atoms with E-state index in [1.807, 2.05) is 0 Å². The minimum atomic E-state index is -0.444. The maximum Gasteiger partial charge on any atom is 0.268 e. The largest absolute Gasteiger partial charge is 0.342 e. The Bertz CT molecular complexity index is 503. The third-order valence-electron chi connectivity index (χ3n) is 2.87. The van der Waals surface area contributed by atoms with Crippen LogP contribution >= 0.6 is 0 Å². The minimum Gasteiger partial charge on any atom is -0.342 e. The maximum atomic E-state index is 11.7. The van der Waals surface area contributed by atoms with Crippen molar-refractivity contribution in [2.75, 3.05) is 19.6 Å². The molecule has 0 spiro atoms. The van der Waals surface area contributed by atoms with Crippen LogP contribution in [0.5, 0.6) is 0 Å². The quantitative estimate of drug-likeness (QED) is 0.773. The van der Waals surface area contributed by atoms with Crippen molar-refractivity contribution >= 4 is 11.8 Å². The monoisotopic (exact) mass is 249 g/mol. The molecule has 2 heterocycles. The van der Waals surface area contributed by atoms with Gasteiger partial charge in [0.2, 0.25) is 11.5 Å². The second-order valence-electron chi connectivity index (χ2n) is 4.20. The zero-order valence-corrected chi connectivity index (χ0v) is 9.94. The lowest BCUT2D eigenvalue weighted by Gasteiger charge is -2.15. The Morgan fingerprint density at radius 2 is 2.00 bits per heavy atom. The third-order valence-corrected chi connectivity index (χ3v) is 2.87. The third kappa shape index (κ3) is 2.97. The number of nitrogens with zero attached hydrogens (tertiary/aromatic N) is 1. The Morgan fingerprint density at radius 1 is 1.28 bits per heavy atom. The molecule has 1 aromatic heterocycles. The number of pyridine rings is 1. The zero-order valence-electron chi connectivity index (χ0n) is 9.94. The van der Waals surface area contributed by atoms with Gasteiger partial charge in [-0.05, 0) is 18.9 Å². The lowest BCUT2D eigenvalue weighted by atomic mass is 10.3. The molecule has 1 saturated heterocycles. The van der Waals surface area contributed by atoms with E-state index in [1.165, 1.54) is 18.2 Å². The molecule has 0 atom stereocenters. The summed E-state index contributed by atoms with van der Waals surface area (Å²) in [5.41, 5.74) is -0.176. The lowest BCUT2D eigenvalue weighted by molar-refractivity contribution is -0.129. The fourth-order valence-electron chi connectivity index (χ4n) is 1.91. The Kier molecular flexibility index (Phi) is 3.76. The van der Waals surface area contributed by atoms with Crippen LogP contribution in [0.2, 0.25) is 0 Å². The van der Waals surface area contributed by atoms with Gasteiger partial charge in [0.1, 0.15) is 5.69 Å². The summed E-state index contributed by atoms with van der Waals surface area (Å²) in [6.07, 6.45) is 2.04. The summed E-state index contributed by atoms with van der Waals surface area (Å²) < 4.78 is 0. The molecule has 96 valence electrons. The van der Waals surface area contributed by atoms with Crippen molar-refractivity contribution in [2.24, 2.45) is 0 Å². The number of likely N-dealkylation sites (tertiary alicyclic amines) is 1. The number of aromatic nitrogens is 1. The average molecular weight is 249 g/mol. The molecule has 1 aliphatic rings. The van der Waals surface area contributed by atoms with Gasteiger partial charge < -0.3 is 15.2 Å². The van der Waals surface area contributed by atoms with E-state index in [-0.39, 0.29) is 23.7 Å². The summed E-state index contributed by atoms with van der Waals surface area (Å²) in [4.78, 5) is 38.5. The van der Waals surface area contributed by atoms with Crippen molar-refractivity contribution in [3.05, 3.63) is 34.2 Å². The number of amides is 2. The van der Waals surface area contributed by atoms with Gasteiger partial charge in [0, 0.05) is 19.2 Å². The predicted molar refractivity (Wildman–Crippen MR) is 65.2 cm³/mol. The molecule has 0 bridgehead atoms. The minimum absolute atomic E-state index is 0.0320. The number of hydrogen-bond acceptors (Lipinski definition) is 3. The van der Waals surface area contributed by atoms with Crippen molar-refractivity contribution < 1.29 is 9.59 Å². The molecule has 0 radical (unpaired) electrons. The summed E-state index contributed by atoms with van der Waals surface area (Å²) in [7, 11) is 0. The highest BCUT2D eigenvalue weighted by atomic mass is 16.2. The van der Waals surface area contributed by atoms with E-state index in [1.54, 1.807) is 4.90 Å². The summed E-state index contributed by atoms with van der Waals surface area (Å²) in [6.45, 7) is 1.49. The Balaban J connectivity index is 1.88. The number of H-pyrrole nitrogens is 1. The smallest absolute Gasteiger partial charge is 0.268 e. The first-order chi connectivity index (χ1) is 8.66. The van der Waals surface area contributed by atoms with Crippen molar-refractivity contribution in [2.45, 2.75) is 12.8 Å². The summed E-state index contributed by atoms with van der Waals surface area (Å²) >= 11 is 0. The van der Waals surface area contributed by atoms with E-state index >= 15 is 0 Å². The van der Waals surface area contributed by atoms with Crippen molar-refractivity contribution in [1.29, 1.82) is 0 Å². The van der Waals surface area contributed by atoms with Gasteiger partial charge in [0.15, 0.2) is 0 Å². The second-order valence-corrected chi connectivity index (χ2v) is 4.20. The Morgan fingerprint density at radius 3 is 2.67 bits per heavy atom. The van der Waals surface area contributed by atoms with Crippen LogP contribution in [0, 0.1) is 0 Å². The summed E-state index contributed by atoms with van der Waals surface area (Å²) in [5.74, 6) is -0.528. The van der Waals surface area contributed by atoms with E-state index in [9.17, 15) is 14.4 Å². The first kappa shape index (κ1) is 12.3. The number of aromatic amines is 1. The van der Waals surface area contributed by atoms with Crippen molar-refractivity contribution in [3.8, 4) is 0 Å². The zero-order chi connectivity index (χ0) is 13.0. The Labute approximate surface area is 104 Å². The van der Waals surface area contributed by atoms with Crippen molar-refractivity contribution in [3.63, 3.8) is 0 Å². The highest BCUT2D eigenvalue weighted by molar-refractivity contribution is 5.94. The SMILES string of the molecule is O=C(NCC(=O)N1CCCC1)c1cccc(=O)[nH]1. The molecule has 0 aromatic carbocycles. The molecule has 0 aliphatic carbocycles. The number of rotatable bonds is 3. The summed E-state index contributed by atoms with van der Waals surface area (Å²) in [6, 6.07) is 4.32. The molecular formula is C12H15N3O3. The van der Waals surface area contributed by atoms with Gasteiger partial charge in [-0.25, -0.2) is 0 Å². The van der Waals surface area contributed by atoms with Gasteiger partial charge in [0.05, 0.1) is 6.54 Å². The van der Waals surface area contributed by atoms with Crippen LogP contribution in [-0.4, -0.2) is 41.3 Å². The van der Waals surface area contributed by atoms with Crippen LogP contribution in [0.25, 0.3) is 0 Å². The van der Waals surface area contributed by atoms with Crippen LogP contribution in [-0.2, 0) is 4.79 Å². The first-order valence-corrected chi connectivity index (χ1v) is 5.92. The fraction of sp³-hybridized carbons (Fsp3) is 0.417. The van der Waals surface area contributed by atoms with Gasteiger partial charge in [-0.15, -0.1) is 0 Å². The van der Waals surface area contributed by atoms with Gasteiger partial charge in [-0.2, -0.15) is 0 Å². The van der Waals surface area contributed by atoms with E-state index in [2.05, 4.69) is 10.3 Å². The van der Waals surface area contributed by atoms with Crippen molar-refractivity contribution in [1.82, 2.24) is 15.2 Å². The molecule has 6 heteroatoms. The molecule has 2 N–H and O–H groups in total. The van der Waals surface area contributed by atoms with E-state index in [0.29, 0.717) is 0 Å². The molecule has 0 saturated carbocycles. The molecule has 2 rings (SSSR count). The molecule has 0 unspecified atom stereocenters. The topological polar surface area (TPSA) is 82.3 Å². The van der Waals surface area contributed by atoms with E-state index < -0.39 is 5.91 Å². The normalized spacial score (nSPS) is 14.6. The van der Waals surface area contributed by atoms with Crippen LogP contribution in [0.4, 0.5) is 0 Å².